The van der Waals surface area contributed by atoms with Crippen LogP contribution in [0.5, 0.6) is 0 Å². The van der Waals surface area contributed by atoms with Crippen LogP contribution in [0.1, 0.15) is 18.4 Å². The summed E-state index contributed by atoms with van der Waals surface area (Å²) in [5.41, 5.74) is -0.258. The zero-order valence-corrected chi connectivity index (χ0v) is 13.8. The molecule has 27 heavy (non-hydrogen) atoms. The molecule has 8 nitrogen and oxygen atoms in total. The van der Waals surface area contributed by atoms with Crippen LogP contribution in [0.3, 0.4) is 0 Å². The highest BCUT2D eigenvalue weighted by molar-refractivity contribution is 6.25. The molecule has 0 saturated carbocycles. The Balaban J connectivity index is 1.57. The van der Waals surface area contributed by atoms with Gasteiger partial charge in [0.15, 0.2) is 0 Å². The van der Waals surface area contributed by atoms with Gasteiger partial charge in [-0.05, 0) is 42.0 Å². The van der Waals surface area contributed by atoms with Gasteiger partial charge < -0.3 is 4.84 Å². The summed E-state index contributed by atoms with van der Waals surface area (Å²) >= 11 is 0. The molecule has 9 heteroatoms. The minimum absolute atomic E-state index is 0.0626. The summed E-state index contributed by atoms with van der Waals surface area (Å²) in [4.78, 5) is 41.8. The third-order valence-corrected chi connectivity index (χ3v) is 4.56. The molecule has 1 unspecified atom stereocenters. The molecule has 0 N–H and O–H groups in total. The number of non-ortho nitro benzene ring substituents is 1. The van der Waals surface area contributed by atoms with Crippen LogP contribution < -0.4 is 4.90 Å². The molecule has 2 aliphatic heterocycles. The summed E-state index contributed by atoms with van der Waals surface area (Å²) in [5.74, 6) is -1.51. The van der Waals surface area contributed by atoms with Crippen LogP contribution in [0.25, 0.3) is 0 Å². The average Bonchev–Trinajstić information content (AvgIpc) is 3.18. The molecule has 1 spiro atoms. The van der Waals surface area contributed by atoms with Gasteiger partial charge in [0.25, 0.3) is 11.6 Å². The van der Waals surface area contributed by atoms with E-state index in [9.17, 15) is 24.1 Å². The fourth-order valence-electron chi connectivity index (χ4n) is 3.18. The Morgan fingerprint density at radius 3 is 2.37 bits per heavy atom. The lowest BCUT2D eigenvalue weighted by Gasteiger charge is -2.19. The SMILES string of the molecule is O=C1CC2(CC(c3ccc([N+](=O)[O-])cc3)=NO2)C(=O)N1c1ccc(F)cc1. The van der Waals surface area contributed by atoms with Crippen molar-refractivity contribution in [1.29, 1.82) is 0 Å². The van der Waals surface area contributed by atoms with Crippen LogP contribution in [0.2, 0.25) is 0 Å². The van der Waals surface area contributed by atoms with Crippen molar-refractivity contribution in [3.05, 3.63) is 70.0 Å². The van der Waals surface area contributed by atoms with E-state index in [0.29, 0.717) is 11.3 Å². The van der Waals surface area contributed by atoms with Crippen LogP contribution in [0.4, 0.5) is 15.8 Å². The largest absolute Gasteiger partial charge is 0.378 e. The first-order valence-corrected chi connectivity index (χ1v) is 8.02. The van der Waals surface area contributed by atoms with Gasteiger partial charge in [0.2, 0.25) is 11.5 Å². The van der Waals surface area contributed by atoms with E-state index in [2.05, 4.69) is 5.16 Å². The number of hydrogen-bond donors (Lipinski definition) is 0. The number of carbonyl (C=O) groups is 2. The third kappa shape index (κ3) is 2.73. The van der Waals surface area contributed by atoms with Crippen LogP contribution in [0.15, 0.2) is 53.7 Å². The van der Waals surface area contributed by atoms with E-state index >= 15 is 0 Å². The maximum Gasteiger partial charge on any atom is 0.281 e. The summed E-state index contributed by atoms with van der Waals surface area (Å²) in [5, 5.41) is 14.7. The number of amides is 2. The standard InChI is InChI=1S/C18H12FN3O5/c19-12-3-7-13(8-4-12)21-16(23)10-18(17(21)24)9-15(20-27-18)11-1-5-14(6-2-11)22(25)26/h1-8H,9-10H2. The molecule has 2 aliphatic rings. The maximum absolute atomic E-state index is 13.1. The minimum Gasteiger partial charge on any atom is -0.378 e. The predicted octanol–water partition coefficient (Wildman–Crippen LogP) is 2.56. The van der Waals surface area contributed by atoms with Gasteiger partial charge in [-0.25, -0.2) is 9.29 Å². The van der Waals surface area contributed by atoms with E-state index in [4.69, 9.17) is 4.84 Å². The highest BCUT2D eigenvalue weighted by Crippen LogP contribution is 2.39. The highest BCUT2D eigenvalue weighted by Gasteiger charge is 2.58. The average molecular weight is 369 g/mol. The van der Waals surface area contributed by atoms with Crippen LogP contribution >= 0.6 is 0 Å². The number of carbonyl (C=O) groups excluding carboxylic acids is 2. The van der Waals surface area contributed by atoms with Crippen LogP contribution in [-0.4, -0.2) is 28.1 Å². The van der Waals surface area contributed by atoms with E-state index in [1.165, 1.54) is 36.4 Å². The Hall–Kier alpha value is -3.62. The lowest BCUT2D eigenvalue weighted by Crippen LogP contribution is -2.40. The molecule has 1 atom stereocenters. The topological polar surface area (TPSA) is 102 Å². The molecule has 2 aromatic rings. The lowest BCUT2D eigenvalue weighted by atomic mass is 9.92. The third-order valence-electron chi connectivity index (χ3n) is 4.56. The fourth-order valence-corrected chi connectivity index (χ4v) is 3.18. The van der Waals surface area contributed by atoms with Crippen molar-refractivity contribution >= 4 is 28.9 Å². The second kappa shape index (κ2) is 5.97. The molecule has 0 radical (unpaired) electrons. The van der Waals surface area contributed by atoms with E-state index < -0.39 is 28.2 Å². The molecule has 1 saturated heterocycles. The summed E-state index contributed by atoms with van der Waals surface area (Å²) in [6, 6.07) is 10.7. The summed E-state index contributed by atoms with van der Waals surface area (Å²) < 4.78 is 13.1. The minimum atomic E-state index is -1.44. The van der Waals surface area contributed by atoms with Crippen LogP contribution in [0, 0.1) is 15.9 Å². The Labute approximate surface area is 152 Å². The molecule has 1 fully saturated rings. The number of benzene rings is 2. The first-order chi connectivity index (χ1) is 12.9. The number of nitro groups is 1. The van der Waals surface area contributed by atoms with Gasteiger partial charge in [0.1, 0.15) is 5.82 Å². The fraction of sp³-hybridized carbons (Fsp3) is 0.167. The van der Waals surface area contributed by atoms with E-state index in [0.717, 1.165) is 17.0 Å². The van der Waals surface area contributed by atoms with Crippen molar-refractivity contribution in [1.82, 2.24) is 0 Å². The summed E-state index contributed by atoms with van der Waals surface area (Å²) in [6.07, 6.45) is -0.129. The van der Waals surface area contributed by atoms with E-state index in [-0.39, 0.29) is 24.2 Å². The van der Waals surface area contributed by atoms with Gasteiger partial charge in [0, 0.05) is 18.6 Å². The Kier molecular flexibility index (Phi) is 3.72. The lowest BCUT2D eigenvalue weighted by molar-refractivity contribution is -0.384. The molecule has 0 aliphatic carbocycles. The molecular weight excluding hydrogens is 357 g/mol. The van der Waals surface area contributed by atoms with Crippen molar-refractivity contribution in [2.45, 2.75) is 18.4 Å². The van der Waals surface area contributed by atoms with Crippen LogP contribution in [-0.2, 0) is 14.4 Å². The normalized spacial score (nSPS) is 21.5. The van der Waals surface area contributed by atoms with Crippen molar-refractivity contribution in [3.8, 4) is 0 Å². The molecule has 2 heterocycles. The number of hydrogen-bond acceptors (Lipinski definition) is 6. The first kappa shape index (κ1) is 16.8. The summed E-state index contributed by atoms with van der Waals surface area (Å²) in [6.45, 7) is 0. The number of anilines is 1. The molecule has 136 valence electrons. The Bertz CT molecular complexity index is 987. The number of imide groups is 1. The zero-order chi connectivity index (χ0) is 19.2. The Morgan fingerprint density at radius 2 is 1.74 bits per heavy atom. The van der Waals surface area contributed by atoms with Gasteiger partial charge >= 0.3 is 0 Å². The predicted molar refractivity (Wildman–Crippen MR) is 91.6 cm³/mol. The monoisotopic (exact) mass is 369 g/mol. The van der Waals surface area contributed by atoms with Gasteiger partial charge in [-0.15, -0.1) is 0 Å². The highest BCUT2D eigenvalue weighted by atomic mass is 19.1. The van der Waals surface area contributed by atoms with Crippen molar-refractivity contribution < 1.29 is 23.7 Å². The number of oxime groups is 1. The smallest absolute Gasteiger partial charge is 0.281 e. The first-order valence-electron chi connectivity index (χ1n) is 8.02. The quantitative estimate of drug-likeness (QED) is 0.470. The van der Waals surface area contributed by atoms with Gasteiger partial charge in [-0.1, -0.05) is 5.16 Å². The number of nitro benzene ring substituents is 1. The van der Waals surface area contributed by atoms with Gasteiger partial charge in [-0.2, -0.15) is 0 Å². The van der Waals surface area contributed by atoms with E-state index in [1.807, 2.05) is 0 Å². The van der Waals surface area contributed by atoms with Gasteiger partial charge in [0.05, 0.1) is 22.7 Å². The molecule has 2 amide bonds. The van der Waals surface area contributed by atoms with Gasteiger partial charge in [-0.3, -0.25) is 19.7 Å². The number of halogens is 1. The Morgan fingerprint density at radius 1 is 1.07 bits per heavy atom. The maximum atomic E-state index is 13.1. The second-order valence-corrected chi connectivity index (χ2v) is 6.29. The van der Waals surface area contributed by atoms with E-state index in [1.54, 1.807) is 0 Å². The number of rotatable bonds is 3. The second-order valence-electron chi connectivity index (χ2n) is 6.29. The zero-order valence-electron chi connectivity index (χ0n) is 13.8. The molecular formula is C18H12FN3O5. The van der Waals surface area contributed by atoms with Crippen molar-refractivity contribution in [3.63, 3.8) is 0 Å². The molecule has 0 bridgehead atoms. The molecule has 4 rings (SSSR count). The van der Waals surface area contributed by atoms with Crippen molar-refractivity contribution in [2.24, 2.45) is 5.16 Å². The number of nitrogens with zero attached hydrogens (tertiary/aromatic N) is 3. The molecule has 0 aromatic heterocycles. The molecule has 2 aromatic carbocycles. The van der Waals surface area contributed by atoms with Crippen molar-refractivity contribution in [2.75, 3.05) is 4.90 Å². The summed E-state index contributed by atoms with van der Waals surface area (Å²) in [7, 11) is 0.